The number of methoxy groups -OCH3 is 1. The highest BCUT2D eigenvalue weighted by Gasteiger charge is 2.13. The predicted molar refractivity (Wildman–Crippen MR) is 74.6 cm³/mol. The molecular formula is C13H17N3O2S. The molecule has 0 aliphatic carbocycles. The van der Waals surface area contributed by atoms with Crippen LogP contribution in [0.3, 0.4) is 0 Å². The van der Waals surface area contributed by atoms with E-state index < -0.39 is 0 Å². The van der Waals surface area contributed by atoms with E-state index in [0.717, 1.165) is 11.5 Å². The Kier molecular flexibility index (Phi) is 4.81. The fourth-order valence-electron chi connectivity index (χ4n) is 1.70. The molecule has 2 aromatic rings. The SMILES string of the molecule is CNC(CSc1nnc(C)o1)c1cccc(OC)c1. The van der Waals surface area contributed by atoms with E-state index in [0.29, 0.717) is 11.1 Å². The summed E-state index contributed by atoms with van der Waals surface area (Å²) in [6.07, 6.45) is 0. The summed E-state index contributed by atoms with van der Waals surface area (Å²) in [4.78, 5) is 0. The molecule has 0 saturated carbocycles. The van der Waals surface area contributed by atoms with Crippen molar-refractivity contribution >= 4 is 11.8 Å². The van der Waals surface area contributed by atoms with Crippen LogP contribution in [-0.4, -0.2) is 30.1 Å². The van der Waals surface area contributed by atoms with Gasteiger partial charge >= 0.3 is 0 Å². The van der Waals surface area contributed by atoms with Gasteiger partial charge in [0.05, 0.1) is 7.11 Å². The molecule has 5 nitrogen and oxygen atoms in total. The molecule has 0 aliphatic heterocycles. The molecule has 0 saturated heterocycles. The zero-order valence-electron chi connectivity index (χ0n) is 11.2. The lowest BCUT2D eigenvalue weighted by atomic mass is 10.1. The average molecular weight is 279 g/mol. The molecule has 1 heterocycles. The van der Waals surface area contributed by atoms with Crippen LogP contribution < -0.4 is 10.1 Å². The molecule has 0 aliphatic rings. The number of aryl methyl sites for hydroxylation is 1. The van der Waals surface area contributed by atoms with Crippen LogP contribution in [0.4, 0.5) is 0 Å². The second-order valence-corrected chi connectivity index (χ2v) is 4.99. The first kappa shape index (κ1) is 13.9. The van der Waals surface area contributed by atoms with Crippen molar-refractivity contribution in [2.45, 2.75) is 18.2 Å². The van der Waals surface area contributed by atoms with Crippen molar-refractivity contribution in [3.8, 4) is 5.75 Å². The first-order valence-corrected chi connectivity index (χ1v) is 6.95. The van der Waals surface area contributed by atoms with Crippen molar-refractivity contribution in [1.29, 1.82) is 0 Å². The summed E-state index contributed by atoms with van der Waals surface area (Å²) in [6.45, 7) is 1.79. The molecule has 0 spiro atoms. The molecule has 102 valence electrons. The third-order valence-corrected chi connectivity index (χ3v) is 3.64. The smallest absolute Gasteiger partial charge is 0.276 e. The zero-order chi connectivity index (χ0) is 13.7. The van der Waals surface area contributed by atoms with E-state index in [1.165, 1.54) is 17.3 Å². The highest BCUT2D eigenvalue weighted by atomic mass is 32.2. The third kappa shape index (κ3) is 3.71. The lowest BCUT2D eigenvalue weighted by Crippen LogP contribution is -2.18. The maximum atomic E-state index is 5.35. The van der Waals surface area contributed by atoms with Gasteiger partial charge in [-0.1, -0.05) is 23.9 Å². The van der Waals surface area contributed by atoms with E-state index in [1.807, 2.05) is 25.2 Å². The maximum Gasteiger partial charge on any atom is 0.276 e. The Hall–Kier alpha value is -1.53. The Bertz CT molecular complexity index is 530. The summed E-state index contributed by atoms with van der Waals surface area (Å²) in [6, 6.07) is 8.22. The lowest BCUT2D eigenvalue weighted by Gasteiger charge is -2.15. The average Bonchev–Trinajstić information content (AvgIpc) is 2.85. The molecule has 2 rings (SSSR count). The number of ether oxygens (including phenoxy) is 1. The fraction of sp³-hybridized carbons (Fsp3) is 0.385. The van der Waals surface area contributed by atoms with Crippen molar-refractivity contribution in [2.75, 3.05) is 19.9 Å². The van der Waals surface area contributed by atoms with E-state index >= 15 is 0 Å². The number of nitrogens with zero attached hydrogens (tertiary/aromatic N) is 2. The highest BCUT2D eigenvalue weighted by Crippen LogP contribution is 2.25. The zero-order valence-corrected chi connectivity index (χ0v) is 12.0. The largest absolute Gasteiger partial charge is 0.497 e. The lowest BCUT2D eigenvalue weighted by molar-refractivity contribution is 0.413. The van der Waals surface area contributed by atoms with Crippen LogP contribution in [0.2, 0.25) is 0 Å². The molecule has 1 N–H and O–H groups in total. The molecule has 1 aromatic heterocycles. The van der Waals surface area contributed by atoms with Crippen molar-refractivity contribution in [3.63, 3.8) is 0 Å². The number of hydrogen-bond donors (Lipinski definition) is 1. The van der Waals surface area contributed by atoms with Crippen LogP contribution in [0.25, 0.3) is 0 Å². The Morgan fingerprint density at radius 3 is 2.89 bits per heavy atom. The van der Waals surface area contributed by atoms with Crippen LogP contribution in [0, 0.1) is 6.92 Å². The summed E-state index contributed by atoms with van der Waals surface area (Å²) in [5, 5.41) is 11.7. The van der Waals surface area contributed by atoms with Gasteiger partial charge in [0.1, 0.15) is 5.75 Å². The van der Waals surface area contributed by atoms with Gasteiger partial charge in [-0.25, -0.2) is 0 Å². The quantitative estimate of drug-likeness (QED) is 0.820. The molecule has 0 radical (unpaired) electrons. The summed E-state index contributed by atoms with van der Waals surface area (Å²) in [7, 11) is 3.60. The van der Waals surface area contributed by atoms with Crippen LogP contribution in [0.15, 0.2) is 33.9 Å². The molecule has 6 heteroatoms. The van der Waals surface area contributed by atoms with Crippen molar-refractivity contribution in [3.05, 3.63) is 35.7 Å². The Morgan fingerprint density at radius 1 is 1.42 bits per heavy atom. The van der Waals surface area contributed by atoms with E-state index in [2.05, 4.69) is 21.6 Å². The van der Waals surface area contributed by atoms with Crippen LogP contribution in [0.1, 0.15) is 17.5 Å². The minimum Gasteiger partial charge on any atom is -0.497 e. The van der Waals surface area contributed by atoms with E-state index in [4.69, 9.17) is 9.15 Å². The number of aromatic nitrogens is 2. The van der Waals surface area contributed by atoms with E-state index in [1.54, 1.807) is 14.0 Å². The molecule has 0 bridgehead atoms. The Balaban J connectivity index is 2.02. The maximum absolute atomic E-state index is 5.35. The highest BCUT2D eigenvalue weighted by molar-refractivity contribution is 7.99. The van der Waals surface area contributed by atoms with Gasteiger partial charge in [0.2, 0.25) is 5.89 Å². The van der Waals surface area contributed by atoms with Crippen molar-refractivity contribution in [1.82, 2.24) is 15.5 Å². The van der Waals surface area contributed by atoms with E-state index in [-0.39, 0.29) is 6.04 Å². The number of rotatable bonds is 6. The summed E-state index contributed by atoms with van der Waals surface area (Å²) in [5.41, 5.74) is 1.17. The predicted octanol–water partition coefficient (Wildman–Crippen LogP) is 2.44. The Morgan fingerprint density at radius 2 is 2.26 bits per heavy atom. The van der Waals surface area contributed by atoms with Gasteiger partial charge in [0, 0.05) is 18.7 Å². The Labute approximate surface area is 116 Å². The van der Waals surface area contributed by atoms with Crippen LogP contribution in [0.5, 0.6) is 5.75 Å². The van der Waals surface area contributed by atoms with Gasteiger partial charge in [-0.2, -0.15) is 0 Å². The third-order valence-electron chi connectivity index (χ3n) is 2.73. The molecule has 1 atom stereocenters. The molecule has 1 aromatic carbocycles. The topological polar surface area (TPSA) is 60.2 Å². The van der Waals surface area contributed by atoms with E-state index in [9.17, 15) is 0 Å². The van der Waals surface area contributed by atoms with Crippen LogP contribution >= 0.6 is 11.8 Å². The monoisotopic (exact) mass is 279 g/mol. The number of benzene rings is 1. The molecule has 1 unspecified atom stereocenters. The second kappa shape index (κ2) is 6.58. The summed E-state index contributed by atoms with van der Waals surface area (Å²) < 4.78 is 10.6. The van der Waals surface area contributed by atoms with Gasteiger partial charge < -0.3 is 14.5 Å². The second-order valence-electron chi connectivity index (χ2n) is 4.02. The van der Waals surface area contributed by atoms with Gasteiger partial charge in [0.25, 0.3) is 5.22 Å². The standard InChI is InChI=1S/C13H17N3O2S/c1-9-15-16-13(18-9)19-8-12(14-2)10-5-4-6-11(7-10)17-3/h4-7,12,14H,8H2,1-3H3. The number of thioether (sulfide) groups is 1. The molecule has 0 amide bonds. The summed E-state index contributed by atoms with van der Waals surface area (Å²) >= 11 is 1.54. The molecule has 19 heavy (non-hydrogen) atoms. The number of hydrogen-bond acceptors (Lipinski definition) is 6. The van der Waals surface area contributed by atoms with Gasteiger partial charge in [-0.05, 0) is 24.7 Å². The first-order chi connectivity index (χ1) is 9.22. The first-order valence-electron chi connectivity index (χ1n) is 5.97. The van der Waals surface area contributed by atoms with Gasteiger partial charge in [0.15, 0.2) is 0 Å². The summed E-state index contributed by atoms with van der Waals surface area (Å²) in [5.74, 6) is 2.26. The van der Waals surface area contributed by atoms with Crippen molar-refractivity contribution in [2.24, 2.45) is 0 Å². The van der Waals surface area contributed by atoms with Gasteiger partial charge in [-0.3, -0.25) is 0 Å². The molecular weight excluding hydrogens is 262 g/mol. The minimum absolute atomic E-state index is 0.201. The minimum atomic E-state index is 0.201. The van der Waals surface area contributed by atoms with Crippen LogP contribution in [-0.2, 0) is 0 Å². The van der Waals surface area contributed by atoms with Crippen molar-refractivity contribution < 1.29 is 9.15 Å². The van der Waals surface area contributed by atoms with Gasteiger partial charge in [-0.15, -0.1) is 10.2 Å². The normalized spacial score (nSPS) is 12.4. The molecule has 0 fully saturated rings. The number of nitrogens with one attached hydrogen (secondary N) is 1. The fourth-order valence-corrected chi connectivity index (χ4v) is 2.64.